The Hall–Kier alpha value is -2.14. The van der Waals surface area contributed by atoms with Crippen LogP contribution in [0.4, 0.5) is 0 Å². The molecular weight excluding hydrogens is 350 g/mol. The van der Waals surface area contributed by atoms with Crippen LogP contribution < -0.4 is 0 Å². The molecule has 1 aromatic heterocycles. The molecule has 1 aliphatic carbocycles. The molecule has 2 heterocycles. The molecule has 0 unspecified atom stereocenters. The highest BCUT2D eigenvalue weighted by atomic mass is 16.5. The second-order valence-electron chi connectivity index (χ2n) is 8.71. The van der Waals surface area contributed by atoms with E-state index in [4.69, 9.17) is 4.52 Å². The zero-order valence-corrected chi connectivity index (χ0v) is 17.1. The Labute approximate surface area is 167 Å². The van der Waals surface area contributed by atoms with E-state index < -0.39 is 5.41 Å². The molecule has 1 atom stereocenters. The lowest BCUT2D eigenvalue weighted by Gasteiger charge is -2.44. The monoisotopic (exact) mass is 381 g/mol. The van der Waals surface area contributed by atoms with Gasteiger partial charge in [0.15, 0.2) is 0 Å². The topological polar surface area (TPSA) is 49.6 Å². The molecule has 150 valence electrons. The molecule has 0 radical (unpaired) electrons. The number of piperidine rings is 1. The first-order valence-electron chi connectivity index (χ1n) is 10.5. The molecule has 28 heavy (non-hydrogen) atoms. The van der Waals surface area contributed by atoms with Gasteiger partial charge in [0.05, 0.1) is 5.41 Å². The van der Waals surface area contributed by atoms with Gasteiger partial charge in [-0.2, -0.15) is 0 Å². The first-order chi connectivity index (χ1) is 13.6. The van der Waals surface area contributed by atoms with Gasteiger partial charge in [-0.05, 0) is 32.2 Å². The Morgan fingerprint density at radius 1 is 1.21 bits per heavy atom. The molecule has 1 aliphatic heterocycles. The lowest BCUT2D eigenvalue weighted by atomic mass is 9.74. The summed E-state index contributed by atoms with van der Waals surface area (Å²) in [5.74, 6) is 1.02. The molecule has 1 aromatic carbocycles. The van der Waals surface area contributed by atoms with Crippen LogP contribution in [-0.4, -0.2) is 54.1 Å². The van der Waals surface area contributed by atoms with E-state index in [1.165, 1.54) is 25.7 Å². The fraction of sp³-hybridized carbons (Fsp3) is 0.565. The van der Waals surface area contributed by atoms with Gasteiger partial charge in [-0.1, -0.05) is 48.3 Å². The number of nitrogens with zero attached hydrogens (tertiary/aromatic N) is 3. The van der Waals surface area contributed by atoms with Gasteiger partial charge in [0.1, 0.15) is 11.5 Å². The van der Waals surface area contributed by atoms with E-state index >= 15 is 0 Å². The summed E-state index contributed by atoms with van der Waals surface area (Å²) < 4.78 is 5.70. The van der Waals surface area contributed by atoms with Crippen LogP contribution in [0.5, 0.6) is 0 Å². The number of likely N-dealkylation sites (tertiary alicyclic amines) is 1. The van der Waals surface area contributed by atoms with Crippen LogP contribution in [0.3, 0.4) is 0 Å². The third kappa shape index (κ3) is 3.86. The largest absolute Gasteiger partial charge is 0.361 e. The smallest absolute Gasteiger partial charge is 0.230 e. The van der Waals surface area contributed by atoms with Gasteiger partial charge in [0.2, 0.25) is 5.91 Å². The Bertz CT molecular complexity index is 795. The average Bonchev–Trinajstić information content (AvgIpc) is 3.40. The van der Waals surface area contributed by atoms with E-state index in [2.05, 4.69) is 10.1 Å². The van der Waals surface area contributed by atoms with E-state index in [9.17, 15) is 4.79 Å². The number of hydrogen-bond acceptors (Lipinski definition) is 4. The quantitative estimate of drug-likeness (QED) is 0.786. The van der Waals surface area contributed by atoms with Crippen molar-refractivity contribution in [2.75, 3.05) is 27.2 Å². The average molecular weight is 382 g/mol. The predicted molar refractivity (Wildman–Crippen MR) is 110 cm³/mol. The summed E-state index contributed by atoms with van der Waals surface area (Å²) in [6, 6.07) is 12.7. The van der Waals surface area contributed by atoms with Crippen molar-refractivity contribution in [2.24, 2.45) is 5.41 Å². The molecule has 0 bridgehead atoms. The first-order valence-corrected chi connectivity index (χ1v) is 10.5. The fourth-order valence-corrected chi connectivity index (χ4v) is 5.09. The van der Waals surface area contributed by atoms with Crippen LogP contribution in [0.2, 0.25) is 0 Å². The Kier molecular flexibility index (Phi) is 5.54. The number of carbonyl (C=O) groups excluding carboxylic acids is 1. The van der Waals surface area contributed by atoms with E-state index in [0.717, 1.165) is 42.9 Å². The van der Waals surface area contributed by atoms with Gasteiger partial charge in [0.25, 0.3) is 0 Å². The van der Waals surface area contributed by atoms with Crippen molar-refractivity contribution < 1.29 is 9.32 Å². The van der Waals surface area contributed by atoms with Crippen LogP contribution in [-0.2, 0) is 11.2 Å². The van der Waals surface area contributed by atoms with Gasteiger partial charge in [-0.15, -0.1) is 0 Å². The van der Waals surface area contributed by atoms with Crippen LogP contribution in [0.25, 0.3) is 11.3 Å². The summed E-state index contributed by atoms with van der Waals surface area (Å²) >= 11 is 0. The zero-order valence-electron chi connectivity index (χ0n) is 17.1. The van der Waals surface area contributed by atoms with Gasteiger partial charge < -0.3 is 9.42 Å². The molecule has 5 heteroatoms. The van der Waals surface area contributed by atoms with Crippen LogP contribution in [0.15, 0.2) is 40.9 Å². The molecule has 5 nitrogen and oxygen atoms in total. The van der Waals surface area contributed by atoms with Gasteiger partial charge in [0, 0.05) is 44.7 Å². The maximum Gasteiger partial charge on any atom is 0.230 e. The van der Waals surface area contributed by atoms with Crippen molar-refractivity contribution in [1.82, 2.24) is 15.0 Å². The van der Waals surface area contributed by atoms with E-state index in [1.807, 2.05) is 50.5 Å². The molecule has 2 aromatic rings. The lowest BCUT2D eigenvalue weighted by molar-refractivity contribution is -0.144. The second kappa shape index (κ2) is 8.08. The Morgan fingerprint density at radius 2 is 1.96 bits per heavy atom. The molecule has 2 fully saturated rings. The van der Waals surface area contributed by atoms with Gasteiger partial charge in [-0.25, -0.2) is 0 Å². The number of hydrogen-bond donors (Lipinski definition) is 0. The third-order valence-electron chi connectivity index (χ3n) is 6.45. The van der Waals surface area contributed by atoms with E-state index in [-0.39, 0.29) is 5.91 Å². The van der Waals surface area contributed by atoms with Crippen molar-refractivity contribution in [2.45, 2.75) is 51.0 Å². The third-order valence-corrected chi connectivity index (χ3v) is 6.45. The predicted octanol–water partition coefficient (Wildman–Crippen LogP) is 4.00. The molecular formula is C23H31N3O2. The van der Waals surface area contributed by atoms with Crippen molar-refractivity contribution in [1.29, 1.82) is 0 Å². The summed E-state index contributed by atoms with van der Waals surface area (Å²) in [5.41, 5.74) is 1.46. The standard InChI is InChI=1S/C23H31N3O2/c1-25(2)22(27)23(13-8-14-26(17-23)19-11-6-7-12-19)16-20-15-21(24-28-20)18-9-4-3-5-10-18/h3-5,9-10,15,19H,6-8,11-14,16-17H2,1-2H3/t23-/m0/s1. The molecule has 1 saturated carbocycles. The van der Waals surface area contributed by atoms with E-state index in [0.29, 0.717) is 12.5 Å². The molecule has 1 amide bonds. The first kappa shape index (κ1) is 19.2. The molecule has 2 aliphatic rings. The highest BCUT2D eigenvalue weighted by Crippen LogP contribution is 2.39. The maximum atomic E-state index is 13.3. The fourth-order valence-electron chi connectivity index (χ4n) is 5.09. The van der Waals surface area contributed by atoms with Crippen molar-refractivity contribution in [3.8, 4) is 11.3 Å². The lowest BCUT2D eigenvalue weighted by Crippen LogP contribution is -2.54. The van der Waals surface area contributed by atoms with Crippen LogP contribution >= 0.6 is 0 Å². The summed E-state index contributed by atoms with van der Waals surface area (Å²) in [6.45, 7) is 1.94. The maximum absolute atomic E-state index is 13.3. The number of carbonyl (C=O) groups is 1. The molecule has 1 saturated heterocycles. The Balaban J connectivity index is 1.58. The van der Waals surface area contributed by atoms with Gasteiger partial charge >= 0.3 is 0 Å². The second-order valence-corrected chi connectivity index (χ2v) is 8.71. The number of benzene rings is 1. The summed E-state index contributed by atoms with van der Waals surface area (Å²) in [5, 5.41) is 4.27. The van der Waals surface area contributed by atoms with Crippen molar-refractivity contribution in [3.63, 3.8) is 0 Å². The Morgan fingerprint density at radius 3 is 2.68 bits per heavy atom. The van der Waals surface area contributed by atoms with Crippen molar-refractivity contribution in [3.05, 3.63) is 42.2 Å². The minimum absolute atomic E-state index is 0.216. The number of aromatic nitrogens is 1. The molecule has 0 N–H and O–H groups in total. The highest BCUT2D eigenvalue weighted by molar-refractivity contribution is 5.83. The summed E-state index contributed by atoms with van der Waals surface area (Å²) in [6.07, 6.45) is 7.77. The number of rotatable bonds is 5. The summed E-state index contributed by atoms with van der Waals surface area (Å²) in [4.78, 5) is 17.6. The molecule has 4 rings (SSSR count). The highest BCUT2D eigenvalue weighted by Gasteiger charge is 2.45. The van der Waals surface area contributed by atoms with Gasteiger partial charge in [-0.3, -0.25) is 9.69 Å². The SMILES string of the molecule is CN(C)C(=O)[C@]1(Cc2cc(-c3ccccc3)no2)CCCN(C2CCCC2)C1. The zero-order chi connectivity index (χ0) is 19.6. The van der Waals surface area contributed by atoms with Crippen LogP contribution in [0, 0.1) is 5.41 Å². The van der Waals surface area contributed by atoms with Crippen LogP contribution in [0.1, 0.15) is 44.3 Å². The minimum atomic E-state index is -0.419. The van der Waals surface area contributed by atoms with Crippen molar-refractivity contribution >= 4 is 5.91 Å². The van der Waals surface area contributed by atoms with E-state index in [1.54, 1.807) is 4.90 Å². The minimum Gasteiger partial charge on any atom is -0.361 e. The molecule has 0 spiro atoms. The number of amides is 1. The normalized spacial score (nSPS) is 23.8. The summed E-state index contributed by atoms with van der Waals surface area (Å²) in [7, 11) is 3.74.